The number of ether oxygens (including phenoxy) is 3. The number of carbonyl (C=O) groups is 2. The van der Waals surface area contributed by atoms with Gasteiger partial charge in [-0.15, -0.1) is 0 Å². The molecule has 1 spiro atoms. The van der Waals surface area contributed by atoms with E-state index in [1.165, 1.54) is 11.5 Å². The Labute approximate surface area is 205 Å². The van der Waals surface area contributed by atoms with Gasteiger partial charge in [0.2, 0.25) is 11.5 Å². The van der Waals surface area contributed by atoms with Crippen molar-refractivity contribution in [2.45, 2.75) is 32.8 Å². The van der Waals surface area contributed by atoms with Crippen LogP contribution in [0.1, 0.15) is 48.6 Å². The predicted molar refractivity (Wildman–Crippen MR) is 126 cm³/mol. The van der Waals surface area contributed by atoms with Crippen LogP contribution in [0.4, 0.5) is 5.69 Å². The number of hydrogen-bond donors (Lipinski definition) is 1. The highest BCUT2D eigenvalue weighted by molar-refractivity contribution is 7.04. The number of aromatic nitrogens is 2. The van der Waals surface area contributed by atoms with Crippen LogP contribution in [-0.4, -0.2) is 28.7 Å². The molecule has 1 fully saturated rings. The highest BCUT2D eigenvalue weighted by atomic mass is 32.1. The van der Waals surface area contributed by atoms with E-state index in [1.807, 2.05) is 43.5 Å². The summed E-state index contributed by atoms with van der Waals surface area (Å²) in [6.45, 7) is 4.34. The van der Waals surface area contributed by atoms with E-state index in [0.717, 1.165) is 29.7 Å². The van der Waals surface area contributed by atoms with Crippen LogP contribution in [0.2, 0.25) is 0 Å². The molecule has 0 radical (unpaired) electrons. The van der Waals surface area contributed by atoms with Crippen molar-refractivity contribution >= 4 is 29.5 Å². The molecule has 1 aliphatic heterocycles. The average molecular weight is 492 g/mol. The molecule has 3 aliphatic rings. The summed E-state index contributed by atoms with van der Waals surface area (Å²) in [4.78, 5) is 26.2. The largest absolute Gasteiger partial charge is 0.460 e. The van der Waals surface area contributed by atoms with E-state index in [9.17, 15) is 9.59 Å². The summed E-state index contributed by atoms with van der Waals surface area (Å²) in [6, 6.07) is 7.86. The number of aryl methyl sites for hydroxylation is 1. The Morgan fingerprint density at radius 1 is 1.26 bits per heavy atom. The number of ketones is 1. The number of allylic oxidation sites excluding steroid dienone is 2. The fourth-order valence-corrected chi connectivity index (χ4v) is 4.51. The van der Waals surface area contributed by atoms with Crippen molar-refractivity contribution < 1.29 is 28.2 Å². The number of hydrogen-bond acceptors (Lipinski definition) is 10. The molecule has 1 saturated carbocycles. The number of nitrogens with one attached hydrogen (secondary N) is 1. The second-order valence-electron chi connectivity index (χ2n) is 8.19. The number of fused-ring (bicyclic) bond motifs is 2. The van der Waals surface area contributed by atoms with Gasteiger partial charge in [-0.3, -0.25) is 9.59 Å². The van der Waals surface area contributed by atoms with E-state index in [-0.39, 0.29) is 35.4 Å². The second-order valence-corrected chi connectivity index (χ2v) is 8.82. The first kappa shape index (κ1) is 22.7. The van der Waals surface area contributed by atoms with Crippen LogP contribution in [0.5, 0.6) is 11.8 Å². The van der Waals surface area contributed by atoms with Gasteiger partial charge in [-0.1, -0.05) is 24.3 Å². The normalized spacial score (nSPS) is 16.6. The lowest BCUT2D eigenvalue weighted by atomic mass is 9.84. The molecule has 1 atom stereocenters. The van der Waals surface area contributed by atoms with Gasteiger partial charge in [0.05, 0.1) is 11.1 Å². The van der Waals surface area contributed by atoms with Crippen molar-refractivity contribution in [3.05, 3.63) is 63.9 Å². The van der Waals surface area contributed by atoms with Crippen molar-refractivity contribution in [3.8, 4) is 23.7 Å². The van der Waals surface area contributed by atoms with Gasteiger partial charge >= 0.3 is 11.8 Å². The Hall–Kier alpha value is -4.10. The molecule has 10 heteroatoms. The maximum Gasteiger partial charge on any atom is 0.358 e. The topological polar surface area (TPSA) is 113 Å². The molecule has 2 aromatic heterocycles. The Morgan fingerprint density at radius 3 is 2.77 bits per heavy atom. The summed E-state index contributed by atoms with van der Waals surface area (Å²) < 4.78 is 25.5. The van der Waals surface area contributed by atoms with Crippen LogP contribution in [0.3, 0.4) is 0 Å². The van der Waals surface area contributed by atoms with Gasteiger partial charge < -0.3 is 23.9 Å². The van der Waals surface area contributed by atoms with Gasteiger partial charge in [0.15, 0.2) is 11.5 Å². The lowest BCUT2D eigenvalue weighted by Gasteiger charge is -2.31. The third kappa shape index (κ3) is 4.04. The molecule has 3 aromatic rings. The number of rotatable bonds is 4. The minimum atomic E-state index is -0.444. The Kier molecular flexibility index (Phi) is 5.78. The quantitative estimate of drug-likeness (QED) is 0.425. The third-order valence-corrected chi connectivity index (χ3v) is 6.63. The van der Waals surface area contributed by atoms with Crippen LogP contribution in [0.25, 0.3) is 0 Å². The zero-order valence-corrected chi connectivity index (χ0v) is 20.0. The number of anilines is 1. The highest BCUT2D eigenvalue weighted by Gasteiger charge is 2.67. The Morgan fingerprint density at radius 2 is 2.06 bits per heavy atom. The first-order valence-electron chi connectivity index (χ1n) is 10.9. The lowest BCUT2D eigenvalue weighted by Crippen LogP contribution is -2.40. The molecule has 0 amide bonds. The van der Waals surface area contributed by atoms with Crippen molar-refractivity contribution in [2.24, 2.45) is 5.41 Å². The minimum Gasteiger partial charge on any atom is -0.460 e. The van der Waals surface area contributed by atoms with Crippen LogP contribution >= 0.6 is 11.5 Å². The van der Waals surface area contributed by atoms with Gasteiger partial charge in [0.25, 0.3) is 12.4 Å². The zero-order valence-electron chi connectivity index (χ0n) is 19.2. The van der Waals surface area contributed by atoms with Gasteiger partial charge in [-0.25, -0.2) is 0 Å². The first-order chi connectivity index (χ1) is 17.0. The summed E-state index contributed by atoms with van der Waals surface area (Å²) >= 11 is 1.31. The van der Waals surface area contributed by atoms with Crippen LogP contribution in [0.15, 0.2) is 45.6 Å². The molecule has 1 aromatic carbocycles. The number of Topliss-reactive ketones (excluding diaryl/α,β-unsaturated/α-hetero) is 1. The molecule has 6 rings (SSSR count). The van der Waals surface area contributed by atoms with Gasteiger partial charge in [-0.05, 0) is 55.3 Å². The van der Waals surface area contributed by atoms with Gasteiger partial charge in [0.1, 0.15) is 6.10 Å². The SMILES string of the molecule is CNc1csnc1C#Cc1nc2c(o1)OC1=C(O2)C2(CC2)C1=O.Cc1ccccc1C(C)OC=O. The molecule has 1 unspecified atom stereocenters. The lowest BCUT2D eigenvalue weighted by molar-refractivity contribution is -0.133. The molecule has 9 nitrogen and oxygen atoms in total. The van der Waals surface area contributed by atoms with E-state index in [1.54, 1.807) is 7.05 Å². The third-order valence-electron chi connectivity index (χ3n) is 6.01. The fraction of sp³-hybridized carbons (Fsp3) is 0.280. The second kappa shape index (κ2) is 8.92. The van der Waals surface area contributed by atoms with E-state index in [0.29, 0.717) is 17.9 Å². The number of benzene rings is 1. The zero-order chi connectivity index (χ0) is 24.6. The molecule has 2 aliphatic carbocycles. The van der Waals surface area contributed by atoms with Gasteiger partial charge in [0, 0.05) is 18.3 Å². The summed E-state index contributed by atoms with van der Waals surface area (Å²) in [6.07, 6.45) is 1.47. The van der Waals surface area contributed by atoms with Gasteiger partial charge in [-0.2, -0.15) is 9.36 Å². The summed E-state index contributed by atoms with van der Waals surface area (Å²) in [5.74, 6) is 6.94. The summed E-state index contributed by atoms with van der Waals surface area (Å²) in [5.41, 5.74) is 3.22. The van der Waals surface area contributed by atoms with Crippen molar-refractivity contribution in [1.82, 2.24) is 9.36 Å². The summed E-state index contributed by atoms with van der Waals surface area (Å²) in [7, 11) is 1.80. The number of carbonyl (C=O) groups excluding carboxylic acids is 2. The summed E-state index contributed by atoms with van der Waals surface area (Å²) in [5, 5.41) is 4.87. The molecule has 0 bridgehead atoms. The van der Waals surface area contributed by atoms with E-state index < -0.39 is 5.41 Å². The van der Waals surface area contributed by atoms with E-state index in [4.69, 9.17) is 18.6 Å². The fourth-order valence-electron chi connectivity index (χ4n) is 3.87. The molecule has 35 heavy (non-hydrogen) atoms. The van der Waals surface area contributed by atoms with Crippen molar-refractivity contribution in [3.63, 3.8) is 0 Å². The molecular formula is C25H21N3O6S. The standard InChI is InChI=1S/C15H9N3O4S.C10H12O2/c1-16-8-6-23-18-7(8)2-3-9-17-13-14(20-9)21-10-11(19)15(4-5-15)12(10)22-13;1-8-5-3-4-6-10(8)9(2)12-7-11/h6,16H,4-5H2,1H3;3-7,9H,1-2H3. The van der Waals surface area contributed by atoms with Crippen LogP contribution < -0.4 is 14.8 Å². The average Bonchev–Trinajstić information content (AvgIpc) is 3.42. The molecular weight excluding hydrogens is 470 g/mol. The molecule has 178 valence electrons. The highest BCUT2D eigenvalue weighted by Crippen LogP contribution is 2.63. The Balaban J connectivity index is 0.000000180. The van der Waals surface area contributed by atoms with Crippen molar-refractivity contribution in [1.29, 1.82) is 0 Å². The maximum absolute atomic E-state index is 12.0. The molecule has 1 N–H and O–H groups in total. The first-order valence-corrected chi connectivity index (χ1v) is 11.8. The number of nitrogens with zero attached hydrogens (tertiary/aromatic N) is 2. The minimum absolute atomic E-state index is 0.0108. The Bertz CT molecular complexity index is 1410. The van der Waals surface area contributed by atoms with E-state index in [2.05, 4.69) is 26.5 Å². The monoisotopic (exact) mass is 491 g/mol. The van der Waals surface area contributed by atoms with Crippen LogP contribution in [-0.2, 0) is 14.3 Å². The predicted octanol–water partition coefficient (Wildman–Crippen LogP) is 4.15. The smallest absolute Gasteiger partial charge is 0.358 e. The maximum atomic E-state index is 12.0. The van der Waals surface area contributed by atoms with Crippen LogP contribution in [0, 0.1) is 24.2 Å². The number of oxazole rings is 1. The van der Waals surface area contributed by atoms with Crippen molar-refractivity contribution in [2.75, 3.05) is 12.4 Å². The van der Waals surface area contributed by atoms with E-state index >= 15 is 0 Å². The molecule has 3 heterocycles. The molecule has 0 saturated heterocycles.